The molecule has 5 heteroatoms. The van der Waals surface area contributed by atoms with E-state index < -0.39 is 5.97 Å². The number of carbonyl (C=O) groups is 1. The quantitative estimate of drug-likeness (QED) is 0.874. The molecule has 0 bridgehead atoms. The molecular formula is C14H20BrNO2S. The summed E-state index contributed by atoms with van der Waals surface area (Å²) in [6.07, 6.45) is 1.66. The highest BCUT2D eigenvalue weighted by atomic mass is 79.9. The molecule has 0 saturated heterocycles. The van der Waals surface area contributed by atoms with Crippen molar-refractivity contribution in [3.63, 3.8) is 0 Å². The van der Waals surface area contributed by atoms with Gasteiger partial charge in [0.2, 0.25) is 0 Å². The van der Waals surface area contributed by atoms with E-state index in [1.807, 2.05) is 11.8 Å². The van der Waals surface area contributed by atoms with Gasteiger partial charge in [0.25, 0.3) is 0 Å². The van der Waals surface area contributed by atoms with Crippen molar-refractivity contribution in [3.8, 4) is 0 Å². The Morgan fingerprint density at radius 1 is 1.47 bits per heavy atom. The van der Waals surface area contributed by atoms with Crippen molar-refractivity contribution in [1.29, 1.82) is 0 Å². The Hall–Kier alpha value is -0.680. The van der Waals surface area contributed by atoms with Crippen LogP contribution < -0.4 is 4.90 Å². The van der Waals surface area contributed by atoms with Crippen LogP contribution in [0.3, 0.4) is 0 Å². The average molecular weight is 346 g/mol. The van der Waals surface area contributed by atoms with Crippen LogP contribution in [0.2, 0.25) is 0 Å². The molecular weight excluding hydrogens is 326 g/mol. The van der Waals surface area contributed by atoms with Crippen molar-refractivity contribution in [2.45, 2.75) is 37.0 Å². The zero-order valence-electron chi connectivity index (χ0n) is 11.2. The van der Waals surface area contributed by atoms with Crippen molar-refractivity contribution in [3.05, 3.63) is 24.3 Å². The third kappa shape index (κ3) is 3.89. The molecule has 19 heavy (non-hydrogen) atoms. The van der Waals surface area contributed by atoms with E-state index >= 15 is 0 Å². The largest absolute Gasteiger partial charge is 0.481 e. The van der Waals surface area contributed by atoms with Gasteiger partial charge in [-0.05, 0) is 31.9 Å². The SMILES string of the molecule is Br.CC(CCCN1c2ccccc2SC1C)C(=O)O. The van der Waals surface area contributed by atoms with Crippen LogP contribution in [-0.4, -0.2) is 23.0 Å². The molecule has 0 aliphatic carbocycles. The van der Waals surface area contributed by atoms with Gasteiger partial charge in [0.15, 0.2) is 0 Å². The summed E-state index contributed by atoms with van der Waals surface area (Å²) in [5.74, 6) is -0.940. The van der Waals surface area contributed by atoms with Crippen LogP contribution in [0.15, 0.2) is 29.2 Å². The van der Waals surface area contributed by atoms with E-state index in [1.165, 1.54) is 10.6 Å². The third-order valence-corrected chi connectivity index (χ3v) is 4.56. The Labute approximate surface area is 129 Å². The van der Waals surface area contributed by atoms with Crippen molar-refractivity contribution < 1.29 is 9.90 Å². The fraction of sp³-hybridized carbons (Fsp3) is 0.500. The Morgan fingerprint density at radius 2 is 2.16 bits per heavy atom. The summed E-state index contributed by atoms with van der Waals surface area (Å²) in [5, 5.41) is 9.31. The normalized spacial score (nSPS) is 18.6. The first-order valence-corrected chi connectivity index (χ1v) is 7.22. The summed E-state index contributed by atoms with van der Waals surface area (Å²) in [4.78, 5) is 14.5. The van der Waals surface area contributed by atoms with Crippen molar-refractivity contribution in [1.82, 2.24) is 0 Å². The van der Waals surface area contributed by atoms with Crippen LogP contribution in [0, 0.1) is 5.92 Å². The smallest absolute Gasteiger partial charge is 0.306 e. The van der Waals surface area contributed by atoms with Gasteiger partial charge in [0.1, 0.15) is 0 Å². The van der Waals surface area contributed by atoms with Gasteiger partial charge in [-0.25, -0.2) is 0 Å². The molecule has 1 N–H and O–H groups in total. The third-order valence-electron chi connectivity index (χ3n) is 3.37. The van der Waals surface area contributed by atoms with E-state index in [0.717, 1.165) is 19.4 Å². The molecule has 3 nitrogen and oxygen atoms in total. The monoisotopic (exact) mass is 345 g/mol. The maximum atomic E-state index is 10.8. The topological polar surface area (TPSA) is 40.5 Å². The van der Waals surface area contributed by atoms with E-state index in [0.29, 0.717) is 5.37 Å². The van der Waals surface area contributed by atoms with Crippen LogP contribution in [0.5, 0.6) is 0 Å². The predicted molar refractivity (Wildman–Crippen MR) is 85.5 cm³/mol. The lowest BCUT2D eigenvalue weighted by Gasteiger charge is -2.24. The molecule has 0 saturated carbocycles. The number of hydrogen-bond donors (Lipinski definition) is 1. The van der Waals surface area contributed by atoms with E-state index in [9.17, 15) is 4.79 Å². The minimum Gasteiger partial charge on any atom is -0.481 e. The zero-order chi connectivity index (χ0) is 13.1. The van der Waals surface area contributed by atoms with Crippen LogP contribution in [0.4, 0.5) is 5.69 Å². The number of rotatable bonds is 5. The van der Waals surface area contributed by atoms with Crippen LogP contribution >= 0.6 is 28.7 Å². The minimum absolute atomic E-state index is 0. The van der Waals surface area contributed by atoms with E-state index in [4.69, 9.17) is 5.11 Å². The summed E-state index contributed by atoms with van der Waals surface area (Å²) in [6.45, 7) is 4.91. The van der Waals surface area contributed by atoms with Gasteiger partial charge in [-0.15, -0.1) is 17.0 Å². The molecule has 2 unspecified atom stereocenters. The Morgan fingerprint density at radius 3 is 2.84 bits per heavy atom. The molecule has 0 spiro atoms. The van der Waals surface area contributed by atoms with Gasteiger partial charge in [-0.3, -0.25) is 4.79 Å². The Bertz CT molecular complexity index is 441. The van der Waals surface area contributed by atoms with Crippen molar-refractivity contribution in [2.24, 2.45) is 5.92 Å². The molecule has 2 atom stereocenters. The average Bonchev–Trinajstić information content (AvgIpc) is 2.65. The number of anilines is 1. The highest BCUT2D eigenvalue weighted by Gasteiger charge is 2.25. The summed E-state index contributed by atoms with van der Waals surface area (Å²) >= 11 is 1.87. The van der Waals surface area contributed by atoms with Crippen LogP contribution in [0.25, 0.3) is 0 Å². The maximum Gasteiger partial charge on any atom is 0.306 e. The molecule has 0 radical (unpaired) electrons. The molecule has 0 aromatic heterocycles. The Balaban J connectivity index is 0.00000180. The van der Waals surface area contributed by atoms with Crippen molar-refractivity contribution in [2.75, 3.05) is 11.4 Å². The number of nitrogens with zero attached hydrogens (tertiary/aromatic N) is 1. The number of hydrogen-bond acceptors (Lipinski definition) is 3. The first-order valence-electron chi connectivity index (χ1n) is 6.34. The summed E-state index contributed by atoms with van der Waals surface area (Å²) in [5.41, 5.74) is 1.29. The van der Waals surface area contributed by atoms with Gasteiger partial charge in [0, 0.05) is 11.4 Å². The van der Waals surface area contributed by atoms with Gasteiger partial charge in [0.05, 0.1) is 17.0 Å². The number of para-hydroxylation sites is 1. The summed E-state index contributed by atoms with van der Waals surface area (Å²) in [6, 6.07) is 8.42. The molecule has 1 aromatic rings. The zero-order valence-corrected chi connectivity index (χ0v) is 13.7. The summed E-state index contributed by atoms with van der Waals surface area (Å²) in [7, 11) is 0. The van der Waals surface area contributed by atoms with Crippen molar-refractivity contribution >= 4 is 40.4 Å². The fourth-order valence-electron chi connectivity index (χ4n) is 2.23. The minimum atomic E-state index is -0.695. The second kappa shape index (κ2) is 7.20. The Kier molecular flexibility index (Phi) is 6.20. The van der Waals surface area contributed by atoms with E-state index in [2.05, 4.69) is 36.1 Å². The first kappa shape index (κ1) is 16.4. The van der Waals surface area contributed by atoms with Gasteiger partial charge in [-0.2, -0.15) is 0 Å². The van der Waals surface area contributed by atoms with E-state index in [-0.39, 0.29) is 22.9 Å². The highest BCUT2D eigenvalue weighted by molar-refractivity contribution is 8.93. The number of carboxylic acids is 1. The van der Waals surface area contributed by atoms with E-state index in [1.54, 1.807) is 6.92 Å². The summed E-state index contributed by atoms with van der Waals surface area (Å²) < 4.78 is 0. The fourth-order valence-corrected chi connectivity index (χ4v) is 3.41. The van der Waals surface area contributed by atoms with Gasteiger partial charge in [-0.1, -0.05) is 30.8 Å². The van der Waals surface area contributed by atoms with Crippen LogP contribution in [-0.2, 0) is 4.79 Å². The van der Waals surface area contributed by atoms with Crippen LogP contribution in [0.1, 0.15) is 26.7 Å². The molecule has 1 aliphatic rings. The molecule has 1 aliphatic heterocycles. The molecule has 1 heterocycles. The maximum absolute atomic E-state index is 10.8. The molecule has 0 fully saturated rings. The standard InChI is InChI=1S/C14H19NO2S.BrH/c1-10(14(16)17)6-5-9-15-11(2)18-13-8-4-3-7-12(13)15;/h3-4,7-8,10-11H,5-6,9H2,1-2H3,(H,16,17);1H. The molecule has 1 aromatic carbocycles. The lowest BCUT2D eigenvalue weighted by atomic mass is 10.1. The number of carboxylic acid groups (broad SMARTS) is 1. The number of halogens is 1. The lowest BCUT2D eigenvalue weighted by Crippen LogP contribution is -2.28. The first-order chi connectivity index (χ1) is 8.59. The predicted octanol–water partition coefficient (Wildman–Crippen LogP) is 4.02. The van der Waals surface area contributed by atoms with Gasteiger partial charge < -0.3 is 10.0 Å². The molecule has 2 rings (SSSR count). The molecule has 106 valence electrons. The second-order valence-corrected chi connectivity index (χ2v) is 6.12. The highest BCUT2D eigenvalue weighted by Crippen LogP contribution is 2.42. The lowest BCUT2D eigenvalue weighted by molar-refractivity contribution is -0.141. The number of aliphatic carboxylic acids is 1. The second-order valence-electron chi connectivity index (χ2n) is 4.76. The number of thioether (sulfide) groups is 1. The number of fused-ring (bicyclic) bond motifs is 1. The number of benzene rings is 1. The molecule has 0 amide bonds. The van der Waals surface area contributed by atoms with Gasteiger partial charge >= 0.3 is 5.97 Å².